The second kappa shape index (κ2) is 6.33. The van der Waals surface area contributed by atoms with Gasteiger partial charge in [-0.25, -0.2) is 4.98 Å². The van der Waals surface area contributed by atoms with Crippen molar-refractivity contribution in [2.24, 2.45) is 0 Å². The number of para-hydroxylation sites is 2. The smallest absolute Gasteiger partial charge is 0.266 e. The molecule has 3 rings (SSSR count). The van der Waals surface area contributed by atoms with E-state index in [4.69, 9.17) is 4.74 Å². The Bertz CT molecular complexity index is 1010. The molecule has 0 radical (unpaired) electrons. The van der Waals surface area contributed by atoms with Crippen molar-refractivity contribution in [2.45, 2.75) is 0 Å². The van der Waals surface area contributed by atoms with E-state index in [2.05, 4.69) is 9.97 Å². The molecule has 8 heteroatoms. The number of nitrogens with one attached hydrogen (secondary N) is 1. The van der Waals surface area contributed by atoms with Gasteiger partial charge in [-0.05, 0) is 29.8 Å². The van der Waals surface area contributed by atoms with Crippen molar-refractivity contribution in [1.29, 1.82) is 5.26 Å². The van der Waals surface area contributed by atoms with Gasteiger partial charge in [-0.15, -0.1) is 0 Å². The SMILES string of the molecule is COc1cc(/C=C(\C#N)c2nc3ccccc3[nH]2)cc([N+](=O)[O-])c1[O-]. The zero-order valence-electron chi connectivity index (χ0n) is 13.0. The Morgan fingerprint density at radius 2 is 2.16 bits per heavy atom. The van der Waals surface area contributed by atoms with Crippen LogP contribution in [0, 0.1) is 21.4 Å². The molecule has 124 valence electrons. The molecule has 0 amide bonds. The van der Waals surface area contributed by atoms with Crippen LogP contribution in [0.15, 0.2) is 36.4 Å². The Morgan fingerprint density at radius 1 is 1.40 bits per heavy atom. The predicted octanol–water partition coefficient (Wildman–Crippen LogP) is 2.62. The van der Waals surface area contributed by atoms with E-state index in [1.54, 1.807) is 6.07 Å². The number of nitro benzene ring substituents is 1. The summed E-state index contributed by atoms with van der Waals surface area (Å²) >= 11 is 0. The molecule has 1 heterocycles. The summed E-state index contributed by atoms with van der Waals surface area (Å²) in [5.74, 6) is -0.647. The molecule has 1 N–H and O–H groups in total. The fourth-order valence-electron chi connectivity index (χ4n) is 2.38. The van der Waals surface area contributed by atoms with Gasteiger partial charge in [0, 0.05) is 11.8 Å². The van der Waals surface area contributed by atoms with E-state index in [0.29, 0.717) is 16.9 Å². The van der Waals surface area contributed by atoms with E-state index in [1.165, 1.54) is 19.3 Å². The van der Waals surface area contributed by atoms with Gasteiger partial charge in [0.1, 0.15) is 17.6 Å². The minimum Gasteiger partial charge on any atom is -0.865 e. The Balaban J connectivity index is 2.12. The summed E-state index contributed by atoms with van der Waals surface area (Å²) in [6.07, 6.45) is 1.41. The molecule has 1 aromatic heterocycles. The molecule has 0 saturated heterocycles. The van der Waals surface area contributed by atoms with Gasteiger partial charge in [0.15, 0.2) is 0 Å². The van der Waals surface area contributed by atoms with Gasteiger partial charge in [-0.2, -0.15) is 5.26 Å². The monoisotopic (exact) mass is 335 g/mol. The van der Waals surface area contributed by atoms with Crippen molar-refractivity contribution in [2.75, 3.05) is 7.11 Å². The minimum atomic E-state index is -0.813. The number of rotatable bonds is 4. The van der Waals surface area contributed by atoms with Crippen molar-refractivity contribution in [3.63, 3.8) is 0 Å². The first-order chi connectivity index (χ1) is 12.0. The average molecular weight is 335 g/mol. The van der Waals surface area contributed by atoms with Crippen LogP contribution < -0.4 is 9.84 Å². The number of nitro groups is 1. The van der Waals surface area contributed by atoms with Crippen molar-refractivity contribution in [1.82, 2.24) is 9.97 Å². The van der Waals surface area contributed by atoms with Crippen molar-refractivity contribution < 1.29 is 14.8 Å². The molecule has 8 nitrogen and oxygen atoms in total. The van der Waals surface area contributed by atoms with E-state index in [1.807, 2.05) is 24.3 Å². The largest absolute Gasteiger partial charge is 0.865 e. The number of hydrogen-bond donors (Lipinski definition) is 1. The summed E-state index contributed by atoms with van der Waals surface area (Å²) in [5.41, 5.74) is 1.30. The maximum absolute atomic E-state index is 11.9. The van der Waals surface area contributed by atoms with Crippen LogP contribution in [-0.2, 0) is 0 Å². The first kappa shape index (κ1) is 16.0. The van der Waals surface area contributed by atoms with Gasteiger partial charge < -0.3 is 14.8 Å². The molecule has 0 aliphatic carbocycles. The van der Waals surface area contributed by atoms with E-state index in [0.717, 1.165) is 11.6 Å². The van der Waals surface area contributed by atoms with Crippen molar-refractivity contribution in [3.8, 4) is 17.6 Å². The van der Waals surface area contributed by atoms with Crippen LogP contribution in [0.4, 0.5) is 5.69 Å². The highest BCUT2D eigenvalue weighted by molar-refractivity contribution is 5.90. The maximum atomic E-state index is 11.9. The van der Waals surface area contributed by atoms with Gasteiger partial charge in [-0.1, -0.05) is 12.1 Å². The van der Waals surface area contributed by atoms with Gasteiger partial charge in [0.05, 0.1) is 28.6 Å². The lowest BCUT2D eigenvalue weighted by atomic mass is 10.1. The molecule has 0 bridgehead atoms. The lowest BCUT2D eigenvalue weighted by Crippen LogP contribution is -2.01. The third-order valence-corrected chi connectivity index (χ3v) is 3.55. The highest BCUT2D eigenvalue weighted by Gasteiger charge is 2.14. The van der Waals surface area contributed by atoms with E-state index >= 15 is 0 Å². The van der Waals surface area contributed by atoms with Crippen LogP contribution in [0.1, 0.15) is 11.4 Å². The zero-order valence-corrected chi connectivity index (χ0v) is 13.0. The second-order valence-corrected chi connectivity index (χ2v) is 5.10. The topological polar surface area (TPSA) is 128 Å². The predicted molar refractivity (Wildman–Crippen MR) is 88.7 cm³/mol. The molecule has 25 heavy (non-hydrogen) atoms. The van der Waals surface area contributed by atoms with E-state index in [9.17, 15) is 20.5 Å². The number of ether oxygens (including phenoxy) is 1. The summed E-state index contributed by atoms with van der Waals surface area (Å²) in [6, 6.07) is 11.7. The molecular formula is C17H11N4O4-. The third kappa shape index (κ3) is 2.98. The number of methoxy groups -OCH3 is 1. The summed E-state index contributed by atoms with van der Waals surface area (Å²) in [4.78, 5) is 17.6. The normalized spacial score (nSPS) is 11.3. The molecule has 2 aromatic carbocycles. The summed E-state index contributed by atoms with van der Waals surface area (Å²) in [6.45, 7) is 0. The fourth-order valence-corrected chi connectivity index (χ4v) is 2.38. The molecule has 3 aromatic rings. The number of aromatic amines is 1. The van der Waals surface area contributed by atoms with Crippen molar-refractivity contribution in [3.05, 3.63) is 57.9 Å². The molecule has 0 aliphatic heterocycles. The van der Waals surface area contributed by atoms with Crippen LogP contribution in [-0.4, -0.2) is 22.0 Å². The maximum Gasteiger partial charge on any atom is 0.266 e. The molecule has 0 unspecified atom stereocenters. The minimum absolute atomic E-state index is 0.164. The van der Waals surface area contributed by atoms with Crippen LogP contribution in [0.25, 0.3) is 22.7 Å². The van der Waals surface area contributed by atoms with Gasteiger partial charge in [-0.3, -0.25) is 10.1 Å². The first-order valence-electron chi connectivity index (χ1n) is 7.14. The standard InChI is InChI=1S/C17H12N4O4/c1-25-15-8-10(7-14(16(15)22)21(23)24)6-11(9-18)17-19-12-4-2-3-5-13(12)20-17/h2-8,22H,1H3,(H,19,20)/p-1/b11-6+. The molecule has 0 saturated carbocycles. The lowest BCUT2D eigenvalue weighted by Gasteiger charge is -2.13. The third-order valence-electron chi connectivity index (χ3n) is 3.55. The van der Waals surface area contributed by atoms with Crippen LogP contribution in [0.3, 0.4) is 0 Å². The Hall–Kier alpha value is -3.86. The van der Waals surface area contributed by atoms with Crippen LogP contribution >= 0.6 is 0 Å². The highest BCUT2D eigenvalue weighted by Crippen LogP contribution is 2.35. The Kier molecular flexibility index (Phi) is 4.05. The van der Waals surface area contributed by atoms with Gasteiger partial charge in [0.25, 0.3) is 5.69 Å². The summed E-state index contributed by atoms with van der Waals surface area (Å²) < 4.78 is 4.89. The van der Waals surface area contributed by atoms with Crippen LogP contribution in [0.5, 0.6) is 11.5 Å². The van der Waals surface area contributed by atoms with Gasteiger partial charge in [0.2, 0.25) is 0 Å². The number of nitriles is 1. The molecule has 0 spiro atoms. The number of benzene rings is 2. The number of fused-ring (bicyclic) bond motifs is 1. The fraction of sp³-hybridized carbons (Fsp3) is 0.0588. The number of aromatic nitrogens is 2. The molecule has 0 fully saturated rings. The average Bonchev–Trinajstić information content (AvgIpc) is 3.04. The number of allylic oxidation sites excluding steroid dienone is 1. The quantitative estimate of drug-likeness (QED) is 0.443. The Labute approximate surface area is 141 Å². The summed E-state index contributed by atoms with van der Waals surface area (Å²) in [7, 11) is 1.25. The highest BCUT2D eigenvalue weighted by atomic mass is 16.6. The first-order valence-corrected chi connectivity index (χ1v) is 7.14. The lowest BCUT2D eigenvalue weighted by molar-refractivity contribution is -0.398. The number of hydrogen-bond acceptors (Lipinski definition) is 6. The van der Waals surface area contributed by atoms with Crippen molar-refractivity contribution >= 4 is 28.4 Å². The number of imidazole rings is 1. The second-order valence-electron chi connectivity index (χ2n) is 5.10. The molecule has 0 atom stereocenters. The van der Waals surface area contributed by atoms with Gasteiger partial charge >= 0.3 is 0 Å². The van der Waals surface area contributed by atoms with Crippen LogP contribution in [0.2, 0.25) is 0 Å². The Morgan fingerprint density at radius 3 is 2.80 bits per heavy atom. The van der Waals surface area contributed by atoms with E-state index < -0.39 is 16.4 Å². The van der Waals surface area contributed by atoms with E-state index in [-0.39, 0.29) is 11.3 Å². The number of nitrogens with zero attached hydrogens (tertiary/aromatic N) is 3. The molecular weight excluding hydrogens is 324 g/mol. The molecule has 0 aliphatic rings. The summed E-state index contributed by atoms with van der Waals surface area (Å²) in [5, 5.41) is 32.3. The number of H-pyrrole nitrogens is 1. The zero-order chi connectivity index (χ0) is 18.0.